The Hall–Kier alpha value is -3.41. The minimum Gasteiger partial charge on any atom is -0.418 e. The predicted octanol–water partition coefficient (Wildman–Crippen LogP) is 9.10. The summed E-state index contributed by atoms with van der Waals surface area (Å²) in [5.74, 6) is 1.79. The first-order valence-corrected chi connectivity index (χ1v) is 10.6. The quantitative estimate of drug-likeness (QED) is 0.171. The van der Waals surface area contributed by atoms with Crippen LogP contribution in [0.25, 0.3) is 33.8 Å². The number of halogens is 4. The van der Waals surface area contributed by atoms with Gasteiger partial charge in [0.25, 0.3) is 0 Å². The van der Waals surface area contributed by atoms with Crippen molar-refractivity contribution in [2.24, 2.45) is 0 Å². The Morgan fingerprint density at radius 1 is 0.545 bits per heavy atom. The summed E-state index contributed by atoms with van der Waals surface area (Å²) in [7, 11) is -6.00. The van der Waals surface area contributed by atoms with Crippen molar-refractivity contribution >= 4 is 7.25 Å². The smallest absolute Gasteiger partial charge is 0.418 e. The molecule has 0 fully saturated rings. The summed E-state index contributed by atoms with van der Waals surface area (Å²) in [6, 6.07) is 27.8. The van der Waals surface area contributed by atoms with E-state index < -0.39 is 7.25 Å². The first-order chi connectivity index (χ1) is 15.5. The molecule has 170 valence electrons. The van der Waals surface area contributed by atoms with E-state index in [-0.39, 0.29) is 0 Å². The van der Waals surface area contributed by atoms with Crippen LogP contribution in [0.2, 0.25) is 0 Å². The van der Waals surface area contributed by atoms with Crippen molar-refractivity contribution in [1.82, 2.24) is 0 Å². The first kappa shape index (κ1) is 24.2. The number of rotatable bonds is 3. The van der Waals surface area contributed by atoms with Gasteiger partial charge in [-0.2, -0.15) is 0 Å². The van der Waals surface area contributed by atoms with Gasteiger partial charge in [0, 0.05) is 5.56 Å². The molecule has 0 saturated carbocycles. The monoisotopic (exact) mass is 452 g/mol. The van der Waals surface area contributed by atoms with Gasteiger partial charge in [-0.1, -0.05) is 65.7 Å². The number of benzene rings is 3. The fourth-order valence-electron chi connectivity index (χ4n) is 3.74. The van der Waals surface area contributed by atoms with E-state index in [0.29, 0.717) is 0 Å². The molecule has 0 aliphatic heterocycles. The van der Waals surface area contributed by atoms with Gasteiger partial charge in [-0.15, -0.1) is 0 Å². The zero-order valence-electron chi connectivity index (χ0n) is 19.0. The van der Waals surface area contributed by atoms with Crippen LogP contribution in [0.1, 0.15) is 22.3 Å². The minimum absolute atomic E-state index is 0.897. The van der Waals surface area contributed by atoms with Gasteiger partial charge in [0.05, 0.1) is 23.3 Å². The molecule has 0 bridgehead atoms. The summed E-state index contributed by atoms with van der Waals surface area (Å²) in [5.41, 5.74) is 9.59. The highest BCUT2D eigenvalue weighted by molar-refractivity contribution is 6.50. The largest absolute Gasteiger partial charge is 0.673 e. The lowest BCUT2D eigenvalue weighted by molar-refractivity contribution is 0.368. The molecule has 0 unspecified atom stereocenters. The Morgan fingerprint density at radius 3 is 1.36 bits per heavy atom. The third-order valence-corrected chi connectivity index (χ3v) is 5.19. The summed E-state index contributed by atoms with van der Waals surface area (Å²) >= 11 is 0. The lowest BCUT2D eigenvalue weighted by atomic mass is 9.97. The zero-order valence-corrected chi connectivity index (χ0v) is 19.0. The number of hydrogen-bond acceptors (Lipinski definition) is 0. The fraction of sp³-hybridized carbons (Fsp3) is 0.148. The number of hydrogen-bond donors (Lipinski definition) is 0. The van der Waals surface area contributed by atoms with Crippen LogP contribution in [0, 0.1) is 27.7 Å². The van der Waals surface area contributed by atoms with Crippen molar-refractivity contribution in [3.8, 4) is 33.8 Å². The molecule has 0 saturated heterocycles. The highest BCUT2D eigenvalue weighted by atomic mass is 19.5. The minimum atomic E-state index is -6.00. The molecule has 3 aromatic carbocycles. The maximum atomic E-state index is 9.75. The van der Waals surface area contributed by atoms with Crippen LogP contribution >= 0.6 is 0 Å². The highest BCUT2D eigenvalue weighted by Crippen LogP contribution is 2.35. The van der Waals surface area contributed by atoms with Gasteiger partial charge in [-0.3, -0.25) is 0 Å². The molecule has 1 heterocycles. The molecule has 0 radical (unpaired) electrons. The molecule has 4 rings (SSSR count). The Balaban J connectivity index is 0.000000555. The second-order valence-electron chi connectivity index (χ2n) is 8.07. The van der Waals surface area contributed by atoms with Gasteiger partial charge >= 0.3 is 18.8 Å². The Kier molecular flexibility index (Phi) is 7.37. The van der Waals surface area contributed by atoms with Gasteiger partial charge in [-0.05, 0) is 56.5 Å². The van der Waals surface area contributed by atoms with Crippen LogP contribution in [0.4, 0.5) is 17.3 Å². The van der Waals surface area contributed by atoms with Crippen LogP contribution in [-0.4, -0.2) is 7.25 Å². The molecule has 0 N–H and O–H groups in total. The van der Waals surface area contributed by atoms with E-state index >= 15 is 0 Å². The van der Waals surface area contributed by atoms with Gasteiger partial charge in [0.1, 0.15) is 0 Å². The highest BCUT2D eigenvalue weighted by Gasteiger charge is 2.23. The standard InChI is InChI=1S/C27H25O.BF4/c1-18-10-12-24(20(3)14-18)26-16-23(22-8-6-5-7-9-22)17-27(28-26)25-13-11-19(2)15-21(25)4;2-1(3,4)5/h5-17H,1-4H3;/q+1;-1. The van der Waals surface area contributed by atoms with Crippen LogP contribution in [0.15, 0.2) is 83.3 Å². The molecule has 0 atom stereocenters. The summed E-state index contributed by atoms with van der Waals surface area (Å²) in [6.45, 7) is 8.53. The molecule has 0 aliphatic rings. The van der Waals surface area contributed by atoms with Crippen LogP contribution in [-0.2, 0) is 0 Å². The maximum absolute atomic E-state index is 9.75. The third-order valence-electron chi connectivity index (χ3n) is 5.19. The summed E-state index contributed by atoms with van der Waals surface area (Å²) in [6.07, 6.45) is 0. The van der Waals surface area contributed by atoms with Gasteiger partial charge in [-0.25, -0.2) is 4.42 Å². The molecule has 1 aromatic heterocycles. The molecule has 4 aromatic rings. The van der Waals surface area contributed by atoms with E-state index in [4.69, 9.17) is 4.42 Å². The Labute approximate surface area is 191 Å². The van der Waals surface area contributed by atoms with E-state index in [9.17, 15) is 17.3 Å². The van der Waals surface area contributed by atoms with Crippen molar-refractivity contribution < 1.29 is 21.7 Å². The fourth-order valence-corrected chi connectivity index (χ4v) is 3.74. The predicted molar refractivity (Wildman–Crippen MR) is 129 cm³/mol. The summed E-state index contributed by atoms with van der Waals surface area (Å²) in [4.78, 5) is 0. The Bertz CT molecular complexity index is 1180. The molecule has 1 nitrogen and oxygen atoms in total. The van der Waals surface area contributed by atoms with Crippen LogP contribution < -0.4 is 0 Å². The lowest BCUT2D eigenvalue weighted by Gasteiger charge is -2.06. The molecule has 0 aliphatic carbocycles. The second kappa shape index (κ2) is 10.0. The first-order valence-electron chi connectivity index (χ1n) is 10.6. The van der Waals surface area contributed by atoms with E-state index in [0.717, 1.165) is 28.2 Å². The van der Waals surface area contributed by atoms with Gasteiger partial charge < -0.3 is 17.3 Å². The van der Waals surface area contributed by atoms with E-state index in [1.807, 2.05) is 6.07 Å². The molecule has 0 spiro atoms. The lowest BCUT2D eigenvalue weighted by Crippen LogP contribution is -2.02. The Morgan fingerprint density at radius 2 is 0.970 bits per heavy atom. The van der Waals surface area contributed by atoms with Gasteiger partial charge in [0.15, 0.2) is 0 Å². The molecular weight excluding hydrogens is 427 g/mol. The molecule has 0 amide bonds. The van der Waals surface area contributed by atoms with E-state index in [1.165, 1.54) is 27.8 Å². The average molecular weight is 452 g/mol. The molecule has 33 heavy (non-hydrogen) atoms. The van der Waals surface area contributed by atoms with Crippen molar-refractivity contribution in [3.05, 3.63) is 101 Å². The molecule has 6 heteroatoms. The van der Waals surface area contributed by atoms with E-state index in [1.54, 1.807) is 0 Å². The van der Waals surface area contributed by atoms with Crippen molar-refractivity contribution in [1.29, 1.82) is 0 Å². The SMILES string of the molecule is Cc1ccc(-c2cc(-c3ccccc3)cc(-c3ccc(C)cc3C)[o+]2)c(C)c1.F[B-](F)(F)F. The molecular formula is C27H25BF4O. The van der Waals surface area contributed by atoms with Gasteiger partial charge in [0.2, 0.25) is 0 Å². The van der Waals surface area contributed by atoms with Crippen molar-refractivity contribution in [2.75, 3.05) is 0 Å². The average Bonchev–Trinajstić information content (AvgIpc) is 2.73. The third kappa shape index (κ3) is 6.79. The van der Waals surface area contributed by atoms with E-state index in [2.05, 4.69) is 100 Å². The van der Waals surface area contributed by atoms with Crippen LogP contribution in [0.3, 0.4) is 0 Å². The van der Waals surface area contributed by atoms with Crippen molar-refractivity contribution in [3.63, 3.8) is 0 Å². The maximum Gasteiger partial charge on any atom is 0.673 e. The second-order valence-corrected chi connectivity index (χ2v) is 8.07. The normalized spacial score (nSPS) is 11.0. The number of aryl methyl sites for hydroxylation is 4. The summed E-state index contributed by atoms with van der Waals surface area (Å²) < 4.78 is 45.5. The summed E-state index contributed by atoms with van der Waals surface area (Å²) in [5, 5.41) is 0. The zero-order chi connectivity index (χ0) is 24.2. The topological polar surface area (TPSA) is 11.3 Å². The van der Waals surface area contributed by atoms with Crippen molar-refractivity contribution in [2.45, 2.75) is 27.7 Å². The van der Waals surface area contributed by atoms with Crippen LogP contribution in [0.5, 0.6) is 0 Å².